The zero-order valence-corrected chi connectivity index (χ0v) is 25.5. The quantitative estimate of drug-likeness (QED) is 0.167. The number of thiophene rings is 1. The van der Waals surface area contributed by atoms with Gasteiger partial charge in [0.05, 0.1) is 29.6 Å². The lowest BCUT2D eigenvalue weighted by molar-refractivity contribution is -0.113. The summed E-state index contributed by atoms with van der Waals surface area (Å²) in [6, 6.07) is 11.0. The largest absolute Gasteiger partial charge is 0.497 e. The molecule has 0 spiro atoms. The summed E-state index contributed by atoms with van der Waals surface area (Å²) < 4.78 is 9.29. The van der Waals surface area contributed by atoms with Crippen molar-refractivity contribution in [2.75, 3.05) is 18.2 Å². The van der Waals surface area contributed by atoms with Crippen molar-refractivity contribution in [3.8, 4) is 11.4 Å². The number of methoxy groups -OCH3 is 1. The summed E-state index contributed by atoms with van der Waals surface area (Å²) in [6.45, 7) is 0. The molecular formula is C25H20Br3N3O3S2. The van der Waals surface area contributed by atoms with Crippen molar-refractivity contribution in [1.29, 1.82) is 0 Å². The highest BCUT2D eigenvalue weighted by Gasteiger charge is 2.23. The fourth-order valence-corrected chi connectivity index (χ4v) is 8.78. The van der Waals surface area contributed by atoms with Crippen molar-refractivity contribution in [3.63, 3.8) is 0 Å². The maximum Gasteiger partial charge on any atom is 0.267 e. The summed E-state index contributed by atoms with van der Waals surface area (Å²) in [6.07, 6.45) is 4.11. The van der Waals surface area contributed by atoms with Gasteiger partial charge in [-0.05, 0) is 99.5 Å². The molecule has 36 heavy (non-hydrogen) atoms. The standard InChI is InChI=1S/C25H20Br3N3O3S2/c1-34-15-8-6-14(7-9-15)31-24(33)21-16-4-2-3-5-19(16)36-23(21)30-25(31)35-12-20(32)29-22-17(27)10-13(26)11-18(22)28/h6-11H,2-5,12H2,1H3,(H,29,32). The molecule has 0 atom stereocenters. The first-order chi connectivity index (χ1) is 17.4. The van der Waals surface area contributed by atoms with Gasteiger partial charge in [-0.3, -0.25) is 14.2 Å². The molecule has 2 aromatic heterocycles. The summed E-state index contributed by atoms with van der Waals surface area (Å²) in [5, 5.41) is 4.14. The zero-order chi connectivity index (χ0) is 25.4. The zero-order valence-electron chi connectivity index (χ0n) is 19.1. The van der Waals surface area contributed by atoms with Crippen LogP contribution in [0.1, 0.15) is 23.3 Å². The average Bonchev–Trinajstić information content (AvgIpc) is 3.24. The van der Waals surface area contributed by atoms with Crippen LogP contribution in [0.4, 0.5) is 5.69 Å². The topological polar surface area (TPSA) is 73.2 Å². The van der Waals surface area contributed by atoms with Crippen LogP contribution in [-0.4, -0.2) is 28.3 Å². The van der Waals surface area contributed by atoms with Gasteiger partial charge >= 0.3 is 0 Å². The number of benzene rings is 2. The van der Waals surface area contributed by atoms with E-state index >= 15 is 0 Å². The number of nitrogens with one attached hydrogen (secondary N) is 1. The van der Waals surface area contributed by atoms with Crippen molar-refractivity contribution >= 4 is 92.7 Å². The van der Waals surface area contributed by atoms with E-state index in [0.29, 0.717) is 27.7 Å². The minimum absolute atomic E-state index is 0.0914. The van der Waals surface area contributed by atoms with E-state index in [4.69, 9.17) is 9.72 Å². The van der Waals surface area contributed by atoms with Crippen LogP contribution in [0.25, 0.3) is 15.9 Å². The number of aromatic nitrogens is 2. The minimum atomic E-state index is -0.204. The number of hydrogen-bond donors (Lipinski definition) is 1. The van der Waals surface area contributed by atoms with Gasteiger partial charge < -0.3 is 10.1 Å². The molecular weight excluding hydrogens is 694 g/mol. The number of rotatable bonds is 6. The number of anilines is 1. The summed E-state index contributed by atoms with van der Waals surface area (Å²) in [4.78, 5) is 33.7. The molecule has 0 radical (unpaired) electrons. The van der Waals surface area contributed by atoms with Gasteiger partial charge in [0.2, 0.25) is 5.91 Å². The molecule has 6 nitrogen and oxygen atoms in total. The minimum Gasteiger partial charge on any atom is -0.497 e. The highest BCUT2D eigenvalue weighted by atomic mass is 79.9. The number of carbonyl (C=O) groups is 1. The van der Waals surface area contributed by atoms with E-state index in [9.17, 15) is 9.59 Å². The third-order valence-corrected chi connectivity index (χ3v) is 9.73. The third-order valence-electron chi connectivity index (χ3n) is 5.89. The van der Waals surface area contributed by atoms with Crippen molar-refractivity contribution in [1.82, 2.24) is 9.55 Å². The first-order valence-electron chi connectivity index (χ1n) is 11.1. The Hall–Kier alpha value is -1.66. The molecule has 1 N–H and O–H groups in total. The Bertz CT molecular complexity index is 1510. The Morgan fingerprint density at radius 2 is 1.83 bits per heavy atom. The number of hydrogen-bond acceptors (Lipinski definition) is 6. The number of halogens is 3. The molecule has 1 aliphatic rings. The van der Waals surface area contributed by atoms with Crippen molar-refractivity contribution in [2.45, 2.75) is 30.8 Å². The lowest BCUT2D eigenvalue weighted by Crippen LogP contribution is -2.23. The third kappa shape index (κ3) is 5.18. The SMILES string of the molecule is COc1ccc(-n2c(SCC(=O)Nc3c(Br)cc(Br)cc3Br)nc3sc4c(c3c2=O)CCCC4)cc1. The molecule has 11 heteroatoms. The first-order valence-corrected chi connectivity index (χ1v) is 15.3. The molecule has 1 amide bonds. The van der Waals surface area contributed by atoms with Gasteiger partial charge in [-0.15, -0.1) is 11.3 Å². The molecule has 1 aliphatic carbocycles. The number of amides is 1. The van der Waals surface area contributed by atoms with Gasteiger partial charge in [0.15, 0.2) is 5.16 Å². The Labute approximate surface area is 241 Å². The van der Waals surface area contributed by atoms with E-state index in [1.807, 2.05) is 36.4 Å². The van der Waals surface area contributed by atoms with Gasteiger partial charge in [0.1, 0.15) is 10.6 Å². The highest BCUT2D eigenvalue weighted by molar-refractivity contribution is 9.11. The Morgan fingerprint density at radius 1 is 1.14 bits per heavy atom. The predicted molar refractivity (Wildman–Crippen MR) is 157 cm³/mol. The fourth-order valence-electron chi connectivity index (χ4n) is 4.21. The number of ether oxygens (including phenoxy) is 1. The second-order valence-corrected chi connectivity index (χ2v) is 12.9. The molecule has 0 fully saturated rings. The number of nitrogens with zero attached hydrogens (tertiary/aromatic N) is 2. The summed E-state index contributed by atoms with van der Waals surface area (Å²) >= 11 is 13.3. The van der Waals surface area contributed by atoms with E-state index in [2.05, 4.69) is 53.1 Å². The molecule has 0 aliphatic heterocycles. The van der Waals surface area contributed by atoms with E-state index in [0.717, 1.165) is 49.5 Å². The van der Waals surface area contributed by atoms with Crippen LogP contribution in [0.2, 0.25) is 0 Å². The van der Waals surface area contributed by atoms with Crippen molar-refractivity contribution in [2.24, 2.45) is 0 Å². The average molecular weight is 714 g/mol. The van der Waals surface area contributed by atoms with Gasteiger partial charge in [-0.25, -0.2) is 4.98 Å². The molecule has 186 valence electrons. The van der Waals surface area contributed by atoms with Gasteiger partial charge in [0, 0.05) is 18.3 Å². The maximum atomic E-state index is 13.9. The second kappa shape index (κ2) is 11.0. The van der Waals surface area contributed by atoms with Crippen LogP contribution in [0, 0.1) is 0 Å². The van der Waals surface area contributed by atoms with E-state index < -0.39 is 0 Å². The lowest BCUT2D eigenvalue weighted by Gasteiger charge is -2.14. The van der Waals surface area contributed by atoms with Gasteiger partial charge in [-0.2, -0.15) is 0 Å². The van der Waals surface area contributed by atoms with Crippen LogP contribution in [-0.2, 0) is 17.6 Å². The molecule has 0 unspecified atom stereocenters. The van der Waals surface area contributed by atoms with Crippen LogP contribution >= 0.6 is 70.9 Å². The molecule has 0 saturated heterocycles. The molecule has 4 aromatic rings. The monoisotopic (exact) mass is 711 g/mol. The second-order valence-electron chi connectivity index (χ2n) is 8.21. The van der Waals surface area contributed by atoms with Crippen LogP contribution in [0.15, 0.2) is 59.8 Å². The van der Waals surface area contributed by atoms with Crippen LogP contribution in [0.3, 0.4) is 0 Å². The molecule has 0 bridgehead atoms. The fraction of sp³-hybridized carbons (Fsp3) is 0.240. The summed E-state index contributed by atoms with van der Waals surface area (Å²) in [5.41, 5.74) is 2.38. The lowest BCUT2D eigenvalue weighted by atomic mass is 9.97. The van der Waals surface area contributed by atoms with Gasteiger partial charge in [-0.1, -0.05) is 27.7 Å². The highest BCUT2D eigenvalue weighted by Crippen LogP contribution is 2.36. The van der Waals surface area contributed by atoms with E-state index in [-0.39, 0.29) is 17.2 Å². The Kier molecular flexibility index (Phi) is 7.92. The number of carbonyl (C=O) groups excluding carboxylic acids is 1. The smallest absolute Gasteiger partial charge is 0.267 e. The normalized spacial score (nSPS) is 13.0. The predicted octanol–water partition coefficient (Wildman–Crippen LogP) is 7.35. The number of aryl methyl sites for hydroxylation is 2. The van der Waals surface area contributed by atoms with Crippen molar-refractivity contribution < 1.29 is 9.53 Å². The van der Waals surface area contributed by atoms with E-state index in [1.165, 1.54) is 16.6 Å². The van der Waals surface area contributed by atoms with Gasteiger partial charge in [0.25, 0.3) is 5.56 Å². The number of thioether (sulfide) groups is 1. The van der Waals surface area contributed by atoms with Crippen molar-refractivity contribution in [3.05, 3.63) is 70.6 Å². The summed E-state index contributed by atoms with van der Waals surface area (Å²) in [5.74, 6) is 0.589. The molecule has 0 saturated carbocycles. The summed E-state index contributed by atoms with van der Waals surface area (Å²) in [7, 11) is 1.61. The first kappa shape index (κ1) is 26.0. The Balaban J connectivity index is 1.51. The molecule has 5 rings (SSSR count). The van der Waals surface area contributed by atoms with Crippen LogP contribution in [0.5, 0.6) is 5.75 Å². The molecule has 2 aromatic carbocycles. The molecule has 2 heterocycles. The van der Waals surface area contributed by atoms with E-state index in [1.54, 1.807) is 23.0 Å². The Morgan fingerprint density at radius 3 is 2.53 bits per heavy atom. The van der Waals surface area contributed by atoms with Crippen LogP contribution < -0.4 is 15.6 Å². The number of fused-ring (bicyclic) bond motifs is 3. The maximum absolute atomic E-state index is 13.9.